The molecule has 1 aliphatic rings. The first-order valence-electron chi connectivity index (χ1n) is 6.33. The molecule has 0 aromatic heterocycles. The lowest BCUT2D eigenvalue weighted by molar-refractivity contribution is -0.122. The SMILES string of the molecule is NCC(F)(F)CNC(=O)CCS(=O)(=O)C1CCCC1. The predicted octanol–water partition coefficient (Wildman–Crippen LogP) is 0.444. The average Bonchev–Trinajstić information content (AvgIpc) is 2.89. The molecule has 8 heteroatoms. The summed E-state index contributed by atoms with van der Waals surface area (Å²) in [5.74, 6) is -4.12. The van der Waals surface area contributed by atoms with E-state index in [1.165, 1.54) is 0 Å². The van der Waals surface area contributed by atoms with Crippen molar-refractivity contribution in [1.29, 1.82) is 0 Å². The van der Waals surface area contributed by atoms with Gasteiger partial charge in [0.2, 0.25) is 5.91 Å². The van der Waals surface area contributed by atoms with Crippen molar-refractivity contribution < 1.29 is 22.0 Å². The van der Waals surface area contributed by atoms with Crippen molar-refractivity contribution >= 4 is 15.7 Å². The predicted molar refractivity (Wildman–Crippen MR) is 67.7 cm³/mol. The maximum Gasteiger partial charge on any atom is 0.277 e. The third kappa shape index (κ3) is 5.40. The molecule has 0 spiro atoms. The van der Waals surface area contributed by atoms with Crippen LogP contribution in [0, 0.1) is 0 Å². The highest BCUT2D eigenvalue weighted by molar-refractivity contribution is 7.92. The number of rotatable bonds is 7. The fourth-order valence-corrected chi connectivity index (χ4v) is 3.89. The molecule has 0 unspecified atom stereocenters. The molecule has 0 atom stereocenters. The summed E-state index contributed by atoms with van der Waals surface area (Å²) in [7, 11) is -3.29. The molecule has 0 aromatic rings. The number of sulfone groups is 1. The van der Waals surface area contributed by atoms with Crippen molar-refractivity contribution in [3.05, 3.63) is 0 Å². The number of carbonyl (C=O) groups excluding carboxylic acids is 1. The van der Waals surface area contributed by atoms with Gasteiger partial charge in [-0.25, -0.2) is 17.2 Å². The van der Waals surface area contributed by atoms with Crippen LogP contribution in [0.5, 0.6) is 0 Å². The van der Waals surface area contributed by atoms with Crippen molar-refractivity contribution in [1.82, 2.24) is 5.32 Å². The van der Waals surface area contributed by atoms with Crippen LogP contribution in [0.1, 0.15) is 32.1 Å². The van der Waals surface area contributed by atoms with Gasteiger partial charge in [0.15, 0.2) is 9.84 Å². The van der Waals surface area contributed by atoms with E-state index in [1.54, 1.807) is 0 Å². The number of amides is 1. The van der Waals surface area contributed by atoms with E-state index >= 15 is 0 Å². The van der Waals surface area contributed by atoms with Gasteiger partial charge in [0.25, 0.3) is 5.92 Å². The summed E-state index contributed by atoms with van der Waals surface area (Å²) in [4.78, 5) is 11.3. The topological polar surface area (TPSA) is 89.3 Å². The van der Waals surface area contributed by atoms with Gasteiger partial charge in [-0.05, 0) is 12.8 Å². The van der Waals surface area contributed by atoms with E-state index in [1.807, 2.05) is 5.32 Å². The van der Waals surface area contributed by atoms with Gasteiger partial charge in [0, 0.05) is 6.42 Å². The van der Waals surface area contributed by atoms with Gasteiger partial charge in [-0.15, -0.1) is 0 Å². The van der Waals surface area contributed by atoms with Crippen LogP contribution >= 0.6 is 0 Å². The molecule has 0 aromatic carbocycles. The van der Waals surface area contributed by atoms with Gasteiger partial charge >= 0.3 is 0 Å². The second-order valence-electron chi connectivity index (χ2n) is 4.86. The number of hydrogen-bond donors (Lipinski definition) is 2. The van der Waals surface area contributed by atoms with Crippen LogP contribution in [-0.2, 0) is 14.6 Å². The average molecular weight is 298 g/mol. The van der Waals surface area contributed by atoms with Crippen LogP contribution in [0.15, 0.2) is 0 Å². The standard InChI is InChI=1S/C11H20F2N2O3S/c12-11(13,7-14)8-15-10(16)5-6-19(17,18)9-3-1-2-4-9/h9H,1-8,14H2,(H,15,16). The van der Waals surface area contributed by atoms with E-state index < -0.39 is 34.8 Å². The number of nitrogens with two attached hydrogens (primary N) is 1. The smallest absolute Gasteiger partial charge is 0.277 e. The Balaban J connectivity index is 2.33. The Bertz CT molecular complexity index is 406. The minimum atomic E-state index is -3.29. The van der Waals surface area contributed by atoms with Crippen molar-refractivity contribution in [3.8, 4) is 0 Å². The van der Waals surface area contributed by atoms with E-state index in [0.717, 1.165) is 12.8 Å². The van der Waals surface area contributed by atoms with E-state index in [9.17, 15) is 22.0 Å². The zero-order chi connectivity index (χ0) is 14.5. The zero-order valence-corrected chi connectivity index (χ0v) is 11.5. The molecule has 1 saturated carbocycles. The molecule has 0 heterocycles. The van der Waals surface area contributed by atoms with Gasteiger partial charge in [-0.1, -0.05) is 12.8 Å². The minimum Gasteiger partial charge on any atom is -0.350 e. The highest BCUT2D eigenvalue weighted by Crippen LogP contribution is 2.25. The molecule has 1 aliphatic carbocycles. The van der Waals surface area contributed by atoms with Crippen molar-refractivity contribution in [2.24, 2.45) is 5.73 Å². The van der Waals surface area contributed by atoms with Crippen LogP contribution in [-0.4, -0.2) is 44.3 Å². The number of alkyl halides is 2. The first-order valence-corrected chi connectivity index (χ1v) is 8.04. The second-order valence-corrected chi connectivity index (χ2v) is 7.26. The van der Waals surface area contributed by atoms with Crippen molar-refractivity contribution in [2.45, 2.75) is 43.3 Å². The van der Waals surface area contributed by atoms with Gasteiger partial charge < -0.3 is 11.1 Å². The van der Waals surface area contributed by atoms with E-state index in [-0.39, 0.29) is 17.4 Å². The summed E-state index contributed by atoms with van der Waals surface area (Å²) in [6, 6.07) is 0. The Hall–Kier alpha value is -0.760. The fourth-order valence-electron chi connectivity index (χ4n) is 2.04. The molecule has 0 saturated heterocycles. The van der Waals surface area contributed by atoms with Gasteiger partial charge in [-0.2, -0.15) is 0 Å². The van der Waals surface area contributed by atoms with E-state index in [0.29, 0.717) is 12.8 Å². The molecule has 19 heavy (non-hydrogen) atoms. The molecule has 1 rings (SSSR count). The Morgan fingerprint density at radius 2 is 1.89 bits per heavy atom. The molecule has 1 fully saturated rings. The first-order chi connectivity index (χ1) is 8.77. The lowest BCUT2D eigenvalue weighted by atomic mass is 10.3. The molecule has 0 aliphatic heterocycles. The summed E-state index contributed by atoms with van der Waals surface area (Å²) in [6.45, 7) is -1.71. The quantitative estimate of drug-likeness (QED) is 0.714. The molecule has 112 valence electrons. The largest absolute Gasteiger partial charge is 0.350 e. The van der Waals surface area contributed by atoms with Crippen LogP contribution in [0.3, 0.4) is 0 Å². The Morgan fingerprint density at radius 1 is 1.32 bits per heavy atom. The van der Waals surface area contributed by atoms with Gasteiger partial charge in [-0.3, -0.25) is 4.79 Å². The number of carbonyl (C=O) groups is 1. The van der Waals surface area contributed by atoms with Crippen LogP contribution in [0.4, 0.5) is 8.78 Å². The Labute approximate surface area is 111 Å². The summed E-state index contributed by atoms with van der Waals surface area (Å²) >= 11 is 0. The number of halogens is 2. The lowest BCUT2D eigenvalue weighted by Crippen LogP contribution is -2.42. The monoisotopic (exact) mass is 298 g/mol. The van der Waals surface area contributed by atoms with E-state index in [2.05, 4.69) is 0 Å². The van der Waals surface area contributed by atoms with Crippen molar-refractivity contribution in [3.63, 3.8) is 0 Å². The molecule has 3 N–H and O–H groups in total. The Kier molecular flexibility index (Phi) is 5.66. The maximum absolute atomic E-state index is 12.8. The highest BCUT2D eigenvalue weighted by Gasteiger charge is 2.30. The molecular weight excluding hydrogens is 278 g/mol. The highest BCUT2D eigenvalue weighted by atomic mass is 32.2. The molecular formula is C11H20F2N2O3S. The molecule has 1 amide bonds. The first kappa shape index (κ1) is 16.3. The zero-order valence-electron chi connectivity index (χ0n) is 10.7. The summed E-state index contributed by atoms with van der Waals surface area (Å²) < 4.78 is 49.2. The normalized spacial score (nSPS) is 17.6. The second kappa shape index (κ2) is 6.60. The van der Waals surface area contributed by atoms with Crippen LogP contribution in [0.25, 0.3) is 0 Å². The van der Waals surface area contributed by atoms with Gasteiger partial charge in [0.1, 0.15) is 0 Å². The third-order valence-corrected chi connectivity index (χ3v) is 5.53. The van der Waals surface area contributed by atoms with E-state index in [4.69, 9.17) is 5.73 Å². The lowest BCUT2D eigenvalue weighted by Gasteiger charge is -2.15. The molecule has 0 bridgehead atoms. The third-order valence-electron chi connectivity index (χ3n) is 3.27. The summed E-state index contributed by atoms with van der Waals surface area (Å²) in [6.07, 6.45) is 2.77. The number of nitrogens with one attached hydrogen (secondary N) is 1. The molecule has 5 nitrogen and oxygen atoms in total. The fraction of sp³-hybridized carbons (Fsp3) is 0.909. The van der Waals surface area contributed by atoms with Crippen molar-refractivity contribution in [2.75, 3.05) is 18.8 Å². The Morgan fingerprint density at radius 3 is 2.42 bits per heavy atom. The van der Waals surface area contributed by atoms with Crippen LogP contribution in [0.2, 0.25) is 0 Å². The molecule has 0 radical (unpaired) electrons. The number of hydrogen-bond acceptors (Lipinski definition) is 4. The summed E-state index contributed by atoms with van der Waals surface area (Å²) in [5, 5.41) is 1.63. The maximum atomic E-state index is 12.8. The van der Waals surface area contributed by atoms with Gasteiger partial charge in [0.05, 0.1) is 24.1 Å². The van der Waals surface area contributed by atoms with Crippen LogP contribution < -0.4 is 11.1 Å². The summed E-state index contributed by atoms with van der Waals surface area (Å²) in [5.41, 5.74) is 4.82. The minimum absolute atomic E-state index is 0.278.